The summed E-state index contributed by atoms with van der Waals surface area (Å²) in [5, 5.41) is 11.7. The molecular formula is C21H28N6O. The van der Waals surface area contributed by atoms with Gasteiger partial charge in [-0.2, -0.15) is 0 Å². The van der Waals surface area contributed by atoms with Crippen LogP contribution in [0.1, 0.15) is 39.5 Å². The van der Waals surface area contributed by atoms with Crippen molar-refractivity contribution in [1.82, 2.24) is 14.6 Å². The van der Waals surface area contributed by atoms with Crippen LogP contribution in [-0.2, 0) is 0 Å². The standard InChI is InChI=1S/C21H28N6O/c1-14(2)28-18-5-3-4-17(12-18)24-19-13-20(26-27-11-10-23-21(19)27)25-16-8-6-15(22)7-9-16/h3-5,10-16,24H,6-9,22H2,1-2H3,(H,25,26)/t15-,16-. The molecular weight excluding hydrogens is 352 g/mol. The van der Waals surface area contributed by atoms with Gasteiger partial charge in [-0.15, -0.1) is 5.10 Å². The highest BCUT2D eigenvalue weighted by atomic mass is 16.5. The number of rotatable bonds is 6. The zero-order valence-corrected chi connectivity index (χ0v) is 16.4. The van der Waals surface area contributed by atoms with Gasteiger partial charge in [0.25, 0.3) is 0 Å². The molecule has 0 saturated heterocycles. The van der Waals surface area contributed by atoms with Crippen molar-refractivity contribution in [1.29, 1.82) is 0 Å². The maximum Gasteiger partial charge on any atom is 0.177 e. The normalized spacial score (nSPS) is 19.7. The molecule has 1 aromatic carbocycles. The lowest BCUT2D eigenvalue weighted by Gasteiger charge is -2.27. The van der Waals surface area contributed by atoms with Crippen LogP contribution in [0, 0.1) is 0 Å². The topological polar surface area (TPSA) is 89.5 Å². The van der Waals surface area contributed by atoms with Gasteiger partial charge in [0, 0.05) is 42.3 Å². The monoisotopic (exact) mass is 380 g/mol. The first kappa shape index (κ1) is 18.6. The molecule has 7 nitrogen and oxygen atoms in total. The number of ether oxygens (including phenoxy) is 1. The molecule has 28 heavy (non-hydrogen) atoms. The van der Waals surface area contributed by atoms with E-state index in [1.165, 1.54) is 0 Å². The maximum absolute atomic E-state index is 6.03. The number of nitrogens with two attached hydrogens (primary N) is 1. The van der Waals surface area contributed by atoms with E-state index in [0.717, 1.165) is 54.3 Å². The van der Waals surface area contributed by atoms with E-state index >= 15 is 0 Å². The Kier molecular flexibility index (Phi) is 5.34. The number of imidazole rings is 1. The predicted octanol–water partition coefficient (Wildman–Crippen LogP) is 3.94. The number of anilines is 3. The molecule has 0 bridgehead atoms. The second-order valence-electron chi connectivity index (χ2n) is 7.71. The fourth-order valence-electron chi connectivity index (χ4n) is 3.63. The third kappa shape index (κ3) is 4.36. The molecule has 0 radical (unpaired) electrons. The molecule has 0 spiro atoms. The molecule has 4 rings (SSSR count). The highest BCUT2D eigenvalue weighted by Gasteiger charge is 2.19. The summed E-state index contributed by atoms with van der Waals surface area (Å²) in [6.07, 6.45) is 8.01. The van der Waals surface area contributed by atoms with E-state index in [1.54, 1.807) is 10.7 Å². The molecule has 2 heterocycles. The molecule has 0 unspecified atom stereocenters. The number of aromatic nitrogens is 3. The number of fused-ring (bicyclic) bond motifs is 1. The molecule has 4 N–H and O–H groups in total. The molecule has 2 aromatic heterocycles. The quantitative estimate of drug-likeness (QED) is 0.600. The maximum atomic E-state index is 6.03. The van der Waals surface area contributed by atoms with Crippen LogP contribution >= 0.6 is 0 Å². The van der Waals surface area contributed by atoms with Gasteiger partial charge >= 0.3 is 0 Å². The summed E-state index contributed by atoms with van der Waals surface area (Å²) >= 11 is 0. The van der Waals surface area contributed by atoms with Gasteiger partial charge in [0.05, 0.1) is 11.8 Å². The first-order valence-corrected chi connectivity index (χ1v) is 9.97. The van der Waals surface area contributed by atoms with Crippen LogP contribution in [-0.4, -0.2) is 32.8 Å². The Labute approximate surface area is 165 Å². The molecule has 148 valence electrons. The molecule has 0 atom stereocenters. The lowest BCUT2D eigenvalue weighted by Crippen LogP contribution is -2.33. The van der Waals surface area contributed by atoms with Gasteiger partial charge in [-0.3, -0.25) is 0 Å². The zero-order chi connectivity index (χ0) is 19.5. The zero-order valence-electron chi connectivity index (χ0n) is 16.4. The van der Waals surface area contributed by atoms with E-state index < -0.39 is 0 Å². The summed E-state index contributed by atoms with van der Waals surface area (Å²) in [6.45, 7) is 4.04. The Morgan fingerprint density at radius 1 is 1.18 bits per heavy atom. The number of hydrogen-bond acceptors (Lipinski definition) is 6. The van der Waals surface area contributed by atoms with Crippen LogP contribution in [0.5, 0.6) is 5.75 Å². The average Bonchev–Trinajstić information content (AvgIpc) is 3.12. The molecule has 1 aliphatic carbocycles. The Hall–Kier alpha value is -2.80. The summed E-state index contributed by atoms with van der Waals surface area (Å²) in [7, 11) is 0. The van der Waals surface area contributed by atoms with Crippen molar-refractivity contribution >= 4 is 22.8 Å². The Morgan fingerprint density at radius 3 is 2.79 bits per heavy atom. The van der Waals surface area contributed by atoms with Gasteiger partial charge in [0.2, 0.25) is 0 Å². The summed E-state index contributed by atoms with van der Waals surface area (Å²) in [6, 6.07) is 10.7. The van der Waals surface area contributed by atoms with Gasteiger partial charge in [-0.25, -0.2) is 9.50 Å². The van der Waals surface area contributed by atoms with Crippen molar-refractivity contribution in [2.24, 2.45) is 5.73 Å². The first-order chi connectivity index (χ1) is 13.6. The second kappa shape index (κ2) is 8.06. The first-order valence-electron chi connectivity index (χ1n) is 9.97. The smallest absolute Gasteiger partial charge is 0.177 e. The SMILES string of the molecule is CC(C)Oc1cccc(Nc2cc(N[C@H]3CC[C@H](N)CC3)nn3ccnc23)c1. The van der Waals surface area contributed by atoms with Crippen molar-refractivity contribution in [3.05, 3.63) is 42.7 Å². The third-order valence-electron chi connectivity index (χ3n) is 4.97. The molecule has 1 fully saturated rings. The molecule has 3 aromatic rings. The van der Waals surface area contributed by atoms with Gasteiger partial charge in [-0.1, -0.05) is 6.07 Å². The fraction of sp³-hybridized carbons (Fsp3) is 0.429. The average molecular weight is 380 g/mol. The lowest BCUT2D eigenvalue weighted by molar-refractivity contribution is 0.242. The van der Waals surface area contributed by atoms with E-state index in [0.29, 0.717) is 12.1 Å². The number of nitrogens with zero attached hydrogens (tertiary/aromatic N) is 3. The van der Waals surface area contributed by atoms with Crippen molar-refractivity contribution in [3.63, 3.8) is 0 Å². The predicted molar refractivity (Wildman–Crippen MR) is 112 cm³/mol. The minimum atomic E-state index is 0.134. The van der Waals surface area contributed by atoms with E-state index in [1.807, 2.05) is 50.4 Å². The molecule has 0 amide bonds. The van der Waals surface area contributed by atoms with Crippen molar-refractivity contribution in [3.8, 4) is 5.75 Å². The van der Waals surface area contributed by atoms with Crippen LogP contribution in [0.15, 0.2) is 42.7 Å². The number of benzene rings is 1. The largest absolute Gasteiger partial charge is 0.491 e. The summed E-state index contributed by atoms with van der Waals surface area (Å²) in [5.74, 6) is 1.67. The molecule has 0 aliphatic heterocycles. The number of hydrogen-bond donors (Lipinski definition) is 3. The highest BCUT2D eigenvalue weighted by Crippen LogP contribution is 2.27. The molecule has 1 aliphatic rings. The highest BCUT2D eigenvalue weighted by molar-refractivity contribution is 5.76. The van der Waals surface area contributed by atoms with E-state index in [-0.39, 0.29) is 6.10 Å². The van der Waals surface area contributed by atoms with Crippen LogP contribution < -0.4 is 21.1 Å². The van der Waals surface area contributed by atoms with Crippen LogP contribution in [0.25, 0.3) is 5.65 Å². The summed E-state index contributed by atoms with van der Waals surface area (Å²) in [4.78, 5) is 4.45. The Morgan fingerprint density at radius 2 is 2.00 bits per heavy atom. The van der Waals surface area contributed by atoms with Gasteiger partial charge < -0.3 is 21.1 Å². The van der Waals surface area contributed by atoms with E-state index in [4.69, 9.17) is 10.5 Å². The summed E-state index contributed by atoms with van der Waals surface area (Å²) in [5.41, 5.74) is 8.66. The van der Waals surface area contributed by atoms with Crippen molar-refractivity contribution < 1.29 is 4.74 Å². The Bertz CT molecular complexity index is 930. The van der Waals surface area contributed by atoms with Gasteiger partial charge in [0.1, 0.15) is 11.6 Å². The minimum absolute atomic E-state index is 0.134. The van der Waals surface area contributed by atoms with E-state index in [2.05, 4.69) is 20.7 Å². The lowest BCUT2D eigenvalue weighted by atomic mass is 9.92. The Balaban J connectivity index is 1.57. The fourth-order valence-corrected chi connectivity index (χ4v) is 3.63. The van der Waals surface area contributed by atoms with Crippen molar-refractivity contribution in [2.45, 2.75) is 57.7 Å². The molecule has 7 heteroatoms. The van der Waals surface area contributed by atoms with Crippen LogP contribution in [0.4, 0.5) is 17.2 Å². The second-order valence-corrected chi connectivity index (χ2v) is 7.71. The summed E-state index contributed by atoms with van der Waals surface area (Å²) < 4.78 is 7.60. The van der Waals surface area contributed by atoms with Crippen LogP contribution in [0.2, 0.25) is 0 Å². The molecule has 1 saturated carbocycles. The minimum Gasteiger partial charge on any atom is -0.491 e. The number of nitrogens with one attached hydrogen (secondary N) is 2. The van der Waals surface area contributed by atoms with Gasteiger partial charge in [-0.05, 0) is 51.7 Å². The van der Waals surface area contributed by atoms with Crippen LogP contribution in [0.3, 0.4) is 0 Å². The van der Waals surface area contributed by atoms with Gasteiger partial charge in [0.15, 0.2) is 5.65 Å². The van der Waals surface area contributed by atoms with Crippen molar-refractivity contribution in [2.75, 3.05) is 10.6 Å². The van der Waals surface area contributed by atoms with E-state index in [9.17, 15) is 0 Å². The third-order valence-corrected chi connectivity index (χ3v) is 4.97.